The Morgan fingerprint density at radius 1 is 1.44 bits per heavy atom. The Kier molecular flexibility index (Phi) is 7.64. The highest BCUT2D eigenvalue weighted by atomic mass is 32.1. The van der Waals surface area contributed by atoms with Gasteiger partial charge in [0, 0.05) is 11.4 Å². The number of thiophene rings is 1. The van der Waals surface area contributed by atoms with Crippen LogP contribution in [0.4, 0.5) is 0 Å². The molecule has 18 heavy (non-hydrogen) atoms. The molecule has 0 spiro atoms. The molecule has 102 valence electrons. The van der Waals surface area contributed by atoms with Crippen LogP contribution in [0.5, 0.6) is 0 Å². The van der Waals surface area contributed by atoms with Gasteiger partial charge in [-0.3, -0.25) is 9.69 Å². The normalized spacial score (nSPS) is 10.8. The first-order valence-corrected chi connectivity index (χ1v) is 7.22. The van der Waals surface area contributed by atoms with Crippen molar-refractivity contribution < 1.29 is 4.79 Å². The fourth-order valence-corrected chi connectivity index (χ4v) is 2.39. The van der Waals surface area contributed by atoms with E-state index in [0.717, 1.165) is 32.5 Å². The number of carbonyl (C=O) groups excluding carboxylic acids is 1. The maximum Gasteiger partial charge on any atom is 0.234 e. The van der Waals surface area contributed by atoms with Crippen molar-refractivity contribution >= 4 is 17.2 Å². The smallest absolute Gasteiger partial charge is 0.234 e. The van der Waals surface area contributed by atoms with Crippen molar-refractivity contribution in [1.29, 1.82) is 0 Å². The van der Waals surface area contributed by atoms with Crippen LogP contribution in [0.25, 0.3) is 0 Å². The zero-order valence-corrected chi connectivity index (χ0v) is 12.1. The van der Waals surface area contributed by atoms with Gasteiger partial charge in [0.1, 0.15) is 0 Å². The topological polar surface area (TPSA) is 44.4 Å². The number of nitrogens with zero attached hydrogens (tertiary/aromatic N) is 1. The van der Waals surface area contributed by atoms with Gasteiger partial charge in [-0.25, -0.2) is 0 Å². The van der Waals surface area contributed by atoms with Crippen LogP contribution in [0.3, 0.4) is 0 Å². The molecule has 0 aliphatic carbocycles. The largest absolute Gasteiger partial charge is 0.355 e. The van der Waals surface area contributed by atoms with Gasteiger partial charge in [0.2, 0.25) is 5.91 Å². The van der Waals surface area contributed by atoms with Crippen molar-refractivity contribution in [3.05, 3.63) is 22.4 Å². The maximum atomic E-state index is 11.6. The molecule has 1 aromatic rings. The highest BCUT2D eigenvalue weighted by molar-refractivity contribution is 7.09. The lowest BCUT2D eigenvalue weighted by Crippen LogP contribution is -2.36. The number of hydrogen-bond donors (Lipinski definition) is 2. The zero-order chi connectivity index (χ0) is 13.2. The fourth-order valence-electron chi connectivity index (χ4n) is 1.69. The molecule has 0 atom stereocenters. The molecule has 0 saturated heterocycles. The van der Waals surface area contributed by atoms with Crippen LogP contribution in [0.1, 0.15) is 11.3 Å². The molecule has 0 aliphatic heterocycles. The van der Waals surface area contributed by atoms with E-state index in [0.29, 0.717) is 6.54 Å². The highest BCUT2D eigenvalue weighted by Crippen LogP contribution is 2.07. The van der Waals surface area contributed by atoms with Gasteiger partial charge in [0.15, 0.2) is 0 Å². The van der Waals surface area contributed by atoms with Crippen LogP contribution in [0.15, 0.2) is 17.5 Å². The van der Waals surface area contributed by atoms with E-state index in [9.17, 15) is 4.79 Å². The van der Waals surface area contributed by atoms with Gasteiger partial charge in [0.25, 0.3) is 0 Å². The second-order valence-electron chi connectivity index (χ2n) is 4.37. The fraction of sp³-hybridized carbons (Fsp3) is 0.615. The molecule has 0 aromatic carbocycles. The SMILES string of the molecule is CNCCCN(C)CC(=O)NCCc1cccs1. The second-order valence-corrected chi connectivity index (χ2v) is 5.41. The van der Waals surface area contributed by atoms with E-state index in [-0.39, 0.29) is 5.91 Å². The van der Waals surface area contributed by atoms with E-state index < -0.39 is 0 Å². The summed E-state index contributed by atoms with van der Waals surface area (Å²) in [4.78, 5) is 15.0. The summed E-state index contributed by atoms with van der Waals surface area (Å²) in [6, 6.07) is 4.14. The standard InChI is InChI=1S/C13H23N3OS/c1-14-7-4-9-16(2)11-13(17)15-8-6-12-5-3-10-18-12/h3,5,10,14H,4,6-9,11H2,1-2H3,(H,15,17). The molecule has 4 nitrogen and oxygen atoms in total. The van der Waals surface area contributed by atoms with Crippen LogP contribution in [0.2, 0.25) is 0 Å². The van der Waals surface area contributed by atoms with Crippen LogP contribution in [0, 0.1) is 0 Å². The van der Waals surface area contributed by atoms with Gasteiger partial charge in [-0.15, -0.1) is 11.3 Å². The Bertz CT molecular complexity index is 327. The van der Waals surface area contributed by atoms with E-state index in [4.69, 9.17) is 0 Å². The average molecular weight is 269 g/mol. The van der Waals surface area contributed by atoms with Crippen molar-refractivity contribution in [2.24, 2.45) is 0 Å². The quantitative estimate of drug-likeness (QED) is 0.656. The number of rotatable bonds is 9. The third kappa shape index (κ3) is 6.74. The number of amides is 1. The summed E-state index contributed by atoms with van der Waals surface area (Å²) < 4.78 is 0. The van der Waals surface area contributed by atoms with Gasteiger partial charge < -0.3 is 10.6 Å². The molecule has 2 N–H and O–H groups in total. The summed E-state index contributed by atoms with van der Waals surface area (Å²) in [5.74, 6) is 0.110. The van der Waals surface area contributed by atoms with Crippen molar-refractivity contribution in [1.82, 2.24) is 15.5 Å². The lowest BCUT2D eigenvalue weighted by atomic mass is 10.3. The minimum Gasteiger partial charge on any atom is -0.355 e. The van der Waals surface area contributed by atoms with Crippen molar-refractivity contribution in [2.45, 2.75) is 12.8 Å². The van der Waals surface area contributed by atoms with Crippen LogP contribution >= 0.6 is 11.3 Å². The first-order valence-electron chi connectivity index (χ1n) is 6.34. The number of carbonyl (C=O) groups is 1. The third-order valence-electron chi connectivity index (χ3n) is 2.65. The summed E-state index contributed by atoms with van der Waals surface area (Å²) in [6.45, 7) is 3.14. The molecule has 0 radical (unpaired) electrons. The van der Waals surface area contributed by atoms with Crippen molar-refractivity contribution in [2.75, 3.05) is 40.3 Å². The van der Waals surface area contributed by atoms with Gasteiger partial charge in [-0.2, -0.15) is 0 Å². The molecule has 0 bridgehead atoms. The van der Waals surface area contributed by atoms with E-state index >= 15 is 0 Å². The Balaban J connectivity index is 2.05. The molecule has 5 heteroatoms. The summed E-state index contributed by atoms with van der Waals surface area (Å²) in [5.41, 5.74) is 0. The molecule has 1 rings (SSSR count). The molecule has 0 fully saturated rings. The van der Waals surface area contributed by atoms with E-state index in [1.54, 1.807) is 11.3 Å². The van der Waals surface area contributed by atoms with Gasteiger partial charge >= 0.3 is 0 Å². The first kappa shape index (κ1) is 15.1. The molecule has 0 unspecified atom stereocenters. The zero-order valence-electron chi connectivity index (χ0n) is 11.2. The van der Waals surface area contributed by atoms with Crippen molar-refractivity contribution in [3.63, 3.8) is 0 Å². The lowest BCUT2D eigenvalue weighted by molar-refractivity contribution is -0.121. The summed E-state index contributed by atoms with van der Waals surface area (Å²) >= 11 is 1.73. The molecule has 1 heterocycles. The summed E-state index contributed by atoms with van der Waals surface area (Å²) in [7, 11) is 3.92. The second kappa shape index (κ2) is 9.08. The van der Waals surface area contributed by atoms with Gasteiger partial charge in [-0.1, -0.05) is 6.07 Å². The molecule has 0 aliphatic rings. The van der Waals surface area contributed by atoms with E-state index in [1.807, 2.05) is 20.2 Å². The number of nitrogens with one attached hydrogen (secondary N) is 2. The van der Waals surface area contributed by atoms with Gasteiger partial charge in [-0.05, 0) is 51.5 Å². The maximum absolute atomic E-state index is 11.6. The Morgan fingerprint density at radius 2 is 2.28 bits per heavy atom. The highest BCUT2D eigenvalue weighted by Gasteiger charge is 2.05. The predicted octanol–water partition coefficient (Wildman–Crippen LogP) is 0.948. The number of likely N-dealkylation sites (N-methyl/N-ethyl adjacent to an activating group) is 1. The minimum absolute atomic E-state index is 0.110. The Labute approximate surface area is 113 Å². The number of hydrogen-bond acceptors (Lipinski definition) is 4. The van der Waals surface area contributed by atoms with Crippen LogP contribution < -0.4 is 10.6 Å². The molecular formula is C13H23N3OS. The first-order chi connectivity index (χ1) is 8.72. The summed E-state index contributed by atoms with van der Waals surface area (Å²) in [6.07, 6.45) is 1.99. The molecule has 1 amide bonds. The molecule has 1 aromatic heterocycles. The predicted molar refractivity (Wildman–Crippen MR) is 77.1 cm³/mol. The average Bonchev–Trinajstić information content (AvgIpc) is 2.82. The van der Waals surface area contributed by atoms with E-state index in [1.165, 1.54) is 4.88 Å². The lowest BCUT2D eigenvalue weighted by Gasteiger charge is -2.15. The molecule has 0 saturated carbocycles. The third-order valence-corrected chi connectivity index (χ3v) is 3.59. The van der Waals surface area contributed by atoms with E-state index in [2.05, 4.69) is 27.0 Å². The summed E-state index contributed by atoms with van der Waals surface area (Å²) in [5, 5.41) is 8.12. The molecular weight excluding hydrogens is 246 g/mol. The van der Waals surface area contributed by atoms with Crippen LogP contribution in [-0.4, -0.2) is 51.1 Å². The minimum atomic E-state index is 0.110. The Morgan fingerprint density at radius 3 is 2.94 bits per heavy atom. The van der Waals surface area contributed by atoms with Crippen LogP contribution in [-0.2, 0) is 11.2 Å². The monoisotopic (exact) mass is 269 g/mol. The van der Waals surface area contributed by atoms with Crippen molar-refractivity contribution in [3.8, 4) is 0 Å². The van der Waals surface area contributed by atoms with Gasteiger partial charge in [0.05, 0.1) is 6.54 Å². The Hall–Kier alpha value is -0.910.